The highest BCUT2D eigenvalue weighted by molar-refractivity contribution is 5.96. The van der Waals surface area contributed by atoms with Gasteiger partial charge in [0, 0.05) is 6.54 Å². The molecule has 2 rings (SSSR count). The molecular weight excluding hydrogens is 220 g/mol. The Labute approximate surface area is 100 Å². The van der Waals surface area contributed by atoms with Crippen molar-refractivity contribution < 1.29 is 14.3 Å². The Hall–Kier alpha value is -1.59. The Kier molecular flexibility index (Phi) is 3.95. The number of methoxy groups -OCH3 is 1. The summed E-state index contributed by atoms with van der Waals surface area (Å²) in [5.41, 5.74) is 0.673. The van der Waals surface area contributed by atoms with E-state index in [-0.39, 0.29) is 11.9 Å². The topological polar surface area (TPSA) is 59.6 Å². The van der Waals surface area contributed by atoms with Gasteiger partial charge in [0.1, 0.15) is 11.8 Å². The van der Waals surface area contributed by atoms with Crippen molar-refractivity contribution in [2.45, 2.75) is 6.04 Å². The largest absolute Gasteiger partial charge is 0.495 e. The van der Waals surface area contributed by atoms with Crippen LogP contribution in [0, 0.1) is 0 Å². The van der Waals surface area contributed by atoms with Crippen molar-refractivity contribution in [1.82, 2.24) is 5.32 Å². The number of morpholine rings is 1. The first-order valence-corrected chi connectivity index (χ1v) is 5.56. The van der Waals surface area contributed by atoms with Crippen molar-refractivity contribution in [3.05, 3.63) is 24.3 Å². The number of carbonyl (C=O) groups is 1. The van der Waals surface area contributed by atoms with Crippen molar-refractivity contribution in [3.63, 3.8) is 0 Å². The molecule has 1 unspecified atom stereocenters. The molecule has 1 atom stereocenters. The summed E-state index contributed by atoms with van der Waals surface area (Å²) >= 11 is 0. The van der Waals surface area contributed by atoms with E-state index in [0.717, 1.165) is 0 Å². The maximum Gasteiger partial charge on any atom is 0.244 e. The van der Waals surface area contributed by atoms with Crippen molar-refractivity contribution in [2.24, 2.45) is 0 Å². The predicted molar refractivity (Wildman–Crippen MR) is 64.2 cm³/mol. The standard InChI is InChI=1S/C12H16N2O3/c1-16-11-5-3-2-4-9(11)14-12(15)10-8-17-7-6-13-10/h2-5,10,13H,6-8H2,1H3,(H,14,15). The number of hydrogen-bond acceptors (Lipinski definition) is 4. The van der Waals surface area contributed by atoms with Gasteiger partial charge in [-0.15, -0.1) is 0 Å². The fraction of sp³-hybridized carbons (Fsp3) is 0.417. The van der Waals surface area contributed by atoms with Crippen molar-refractivity contribution in [2.75, 3.05) is 32.2 Å². The van der Waals surface area contributed by atoms with Gasteiger partial charge in [0.25, 0.3) is 0 Å². The number of hydrogen-bond donors (Lipinski definition) is 2. The highest BCUT2D eigenvalue weighted by Crippen LogP contribution is 2.23. The van der Waals surface area contributed by atoms with Crippen LogP contribution in [-0.4, -0.2) is 38.8 Å². The van der Waals surface area contributed by atoms with Gasteiger partial charge in [0.15, 0.2) is 0 Å². The quantitative estimate of drug-likeness (QED) is 0.808. The molecule has 1 aromatic rings. The average Bonchev–Trinajstić information content (AvgIpc) is 2.40. The van der Waals surface area contributed by atoms with Crippen molar-refractivity contribution >= 4 is 11.6 Å². The first-order valence-electron chi connectivity index (χ1n) is 5.56. The summed E-state index contributed by atoms with van der Waals surface area (Å²) in [6, 6.07) is 7.02. The summed E-state index contributed by atoms with van der Waals surface area (Å²) < 4.78 is 10.4. The molecule has 2 N–H and O–H groups in total. The van der Waals surface area contributed by atoms with Crippen molar-refractivity contribution in [1.29, 1.82) is 0 Å². The zero-order valence-corrected chi connectivity index (χ0v) is 9.73. The van der Waals surface area contributed by atoms with Crippen LogP contribution in [0.15, 0.2) is 24.3 Å². The molecule has 0 bridgehead atoms. The Bertz CT molecular complexity index is 389. The van der Waals surface area contributed by atoms with E-state index in [9.17, 15) is 4.79 Å². The second-order valence-electron chi connectivity index (χ2n) is 3.77. The van der Waals surface area contributed by atoms with Crippen LogP contribution < -0.4 is 15.4 Å². The summed E-state index contributed by atoms with van der Waals surface area (Å²) in [7, 11) is 1.58. The van der Waals surface area contributed by atoms with Crippen molar-refractivity contribution in [3.8, 4) is 5.75 Å². The Morgan fingerprint density at radius 2 is 2.35 bits per heavy atom. The van der Waals surface area contributed by atoms with Gasteiger partial charge in [-0.05, 0) is 12.1 Å². The molecule has 0 radical (unpaired) electrons. The lowest BCUT2D eigenvalue weighted by Crippen LogP contribution is -2.48. The third-order valence-electron chi connectivity index (χ3n) is 2.60. The zero-order valence-electron chi connectivity index (χ0n) is 9.73. The minimum Gasteiger partial charge on any atom is -0.495 e. The maximum atomic E-state index is 11.9. The first-order chi connectivity index (χ1) is 8.31. The summed E-state index contributed by atoms with van der Waals surface area (Å²) in [6.45, 7) is 1.75. The van der Waals surface area contributed by atoms with E-state index in [2.05, 4.69) is 10.6 Å². The number of amides is 1. The minimum absolute atomic E-state index is 0.103. The normalized spacial score (nSPS) is 19.7. The molecule has 1 aliphatic rings. The van der Waals surface area contributed by atoms with Crippen LogP contribution in [0.3, 0.4) is 0 Å². The van der Waals surface area contributed by atoms with Crippen LogP contribution >= 0.6 is 0 Å². The van der Waals surface area contributed by atoms with E-state index in [1.807, 2.05) is 12.1 Å². The van der Waals surface area contributed by atoms with Gasteiger partial charge in [-0.25, -0.2) is 0 Å². The summed E-state index contributed by atoms with van der Waals surface area (Å²) in [5.74, 6) is 0.548. The number of benzene rings is 1. The van der Waals surface area contributed by atoms with E-state index in [1.165, 1.54) is 0 Å². The lowest BCUT2D eigenvalue weighted by molar-refractivity contribution is -0.120. The lowest BCUT2D eigenvalue weighted by atomic mass is 10.2. The van der Waals surface area contributed by atoms with E-state index in [1.54, 1.807) is 19.2 Å². The molecule has 1 saturated heterocycles. The molecule has 0 spiro atoms. The van der Waals surface area contributed by atoms with Gasteiger partial charge >= 0.3 is 0 Å². The third-order valence-corrected chi connectivity index (χ3v) is 2.60. The molecule has 1 aromatic carbocycles. The predicted octanol–water partition coefficient (Wildman–Crippen LogP) is 0.622. The van der Waals surface area contributed by atoms with Crippen LogP contribution in [0.5, 0.6) is 5.75 Å². The number of carbonyl (C=O) groups excluding carboxylic acids is 1. The maximum absolute atomic E-state index is 11.9. The number of rotatable bonds is 3. The van der Waals surface area contributed by atoms with Crippen LogP contribution in [0.25, 0.3) is 0 Å². The molecule has 1 aliphatic heterocycles. The summed E-state index contributed by atoms with van der Waals surface area (Å²) in [6.07, 6.45) is 0. The van der Waals surface area contributed by atoms with Crippen LogP contribution in [0.2, 0.25) is 0 Å². The molecule has 1 amide bonds. The Balaban J connectivity index is 2.01. The highest BCUT2D eigenvalue weighted by Gasteiger charge is 2.21. The zero-order chi connectivity index (χ0) is 12.1. The molecule has 0 saturated carbocycles. The first kappa shape index (κ1) is 11.9. The number of para-hydroxylation sites is 2. The molecule has 0 aromatic heterocycles. The highest BCUT2D eigenvalue weighted by atomic mass is 16.5. The van der Waals surface area contributed by atoms with Gasteiger partial charge in [0.05, 0.1) is 26.0 Å². The van der Waals surface area contributed by atoms with Gasteiger partial charge in [-0.1, -0.05) is 12.1 Å². The van der Waals surface area contributed by atoms with E-state index >= 15 is 0 Å². The molecule has 1 fully saturated rings. The number of anilines is 1. The number of ether oxygens (including phenoxy) is 2. The van der Waals surface area contributed by atoms with E-state index < -0.39 is 0 Å². The molecule has 5 heteroatoms. The van der Waals surface area contributed by atoms with Crippen LogP contribution in [0.1, 0.15) is 0 Å². The van der Waals surface area contributed by atoms with Gasteiger partial charge < -0.3 is 20.1 Å². The smallest absolute Gasteiger partial charge is 0.244 e. The van der Waals surface area contributed by atoms with Gasteiger partial charge in [-0.2, -0.15) is 0 Å². The fourth-order valence-electron chi connectivity index (χ4n) is 1.70. The van der Waals surface area contributed by atoms with Crippen LogP contribution in [0.4, 0.5) is 5.69 Å². The van der Waals surface area contributed by atoms with Gasteiger partial charge in [0.2, 0.25) is 5.91 Å². The van der Waals surface area contributed by atoms with E-state index in [4.69, 9.17) is 9.47 Å². The summed E-state index contributed by atoms with van der Waals surface area (Å²) in [4.78, 5) is 11.9. The molecule has 5 nitrogen and oxygen atoms in total. The fourth-order valence-corrected chi connectivity index (χ4v) is 1.70. The molecular formula is C12H16N2O3. The Morgan fingerprint density at radius 1 is 1.53 bits per heavy atom. The third kappa shape index (κ3) is 2.95. The lowest BCUT2D eigenvalue weighted by Gasteiger charge is -2.23. The van der Waals surface area contributed by atoms with Crippen LogP contribution in [-0.2, 0) is 9.53 Å². The second-order valence-corrected chi connectivity index (χ2v) is 3.77. The Morgan fingerprint density at radius 3 is 3.06 bits per heavy atom. The minimum atomic E-state index is -0.298. The van der Waals surface area contributed by atoms with E-state index in [0.29, 0.717) is 31.2 Å². The molecule has 92 valence electrons. The average molecular weight is 236 g/mol. The van der Waals surface area contributed by atoms with Gasteiger partial charge in [-0.3, -0.25) is 4.79 Å². The monoisotopic (exact) mass is 236 g/mol. The SMILES string of the molecule is COc1ccccc1NC(=O)C1COCCN1. The molecule has 1 heterocycles. The second kappa shape index (κ2) is 5.65. The number of nitrogens with one attached hydrogen (secondary N) is 2. The molecule has 0 aliphatic carbocycles. The summed E-state index contributed by atoms with van der Waals surface area (Å²) in [5, 5.41) is 5.92. The molecule has 17 heavy (non-hydrogen) atoms.